The van der Waals surface area contributed by atoms with Crippen molar-refractivity contribution in [2.75, 3.05) is 20.1 Å². The number of carbonyl (C=O) groups excluding carboxylic acids is 1. The minimum absolute atomic E-state index is 0.381. The van der Waals surface area contributed by atoms with Crippen LogP contribution in [0.3, 0.4) is 0 Å². The maximum Gasteiger partial charge on any atom is 0.248 e. The van der Waals surface area contributed by atoms with Crippen LogP contribution < -0.4 is 5.73 Å². The van der Waals surface area contributed by atoms with Crippen molar-refractivity contribution in [2.24, 2.45) is 12.8 Å². The third kappa shape index (κ3) is 4.05. The minimum Gasteiger partial charge on any atom is -0.366 e. The molecule has 3 rings (SSSR count). The number of aromatic nitrogens is 3. The van der Waals surface area contributed by atoms with Gasteiger partial charge in [-0.05, 0) is 38.1 Å². The molecule has 0 radical (unpaired) electrons. The van der Waals surface area contributed by atoms with Crippen molar-refractivity contribution in [3.8, 4) is 0 Å². The van der Waals surface area contributed by atoms with Gasteiger partial charge in [0.15, 0.2) is 0 Å². The average molecular weight is 342 g/mol. The van der Waals surface area contributed by atoms with Crippen LogP contribution in [0.1, 0.15) is 34.0 Å². The standard InChI is InChI=1S/C18H26N6O/c1-13-20-21-17(23(13)3)12-22(2)16-8-9-24(11-16)10-14-4-6-15(7-5-14)18(19)25/h4-7,16H,8-12H2,1-3H3,(H2,19,25). The fourth-order valence-electron chi connectivity index (χ4n) is 3.29. The van der Waals surface area contributed by atoms with Crippen LogP contribution in [-0.2, 0) is 20.1 Å². The Morgan fingerprint density at radius 2 is 2.04 bits per heavy atom. The van der Waals surface area contributed by atoms with Gasteiger partial charge in [0, 0.05) is 38.3 Å². The summed E-state index contributed by atoms with van der Waals surface area (Å²) in [7, 11) is 4.16. The van der Waals surface area contributed by atoms with Crippen LogP contribution in [0.15, 0.2) is 24.3 Å². The highest BCUT2D eigenvalue weighted by Crippen LogP contribution is 2.19. The van der Waals surface area contributed by atoms with E-state index >= 15 is 0 Å². The van der Waals surface area contributed by atoms with E-state index in [-0.39, 0.29) is 5.91 Å². The molecule has 1 aromatic carbocycles. The predicted octanol–water partition coefficient (Wildman–Crippen LogP) is 0.929. The number of aryl methyl sites for hydroxylation is 1. The number of hydrogen-bond donors (Lipinski definition) is 1. The van der Waals surface area contributed by atoms with Crippen molar-refractivity contribution >= 4 is 5.91 Å². The molecule has 1 saturated heterocycles. The molecule has 1 unspecified atom stereocenters. The number of likely N-dealkylation sites (tertiary alicyclic amines) is 1. The highest BCUT2D eigenvalue weighted by atomic mass is 16.1. The van der Waals surface area contributed by atoms with Crippen LogP contribution in [0, 0.1) is 6.92 Å². The Kier molecular flexibility index (Phi) is 5.15. The largest absolute Gasteiger partial charge is 0.366 e. The molecule has 1 aliphatic rings. The van der Waals surface area contributed by atoms with E-state index in [1.165, 1.54) is 5.56 Å². The van der Waals surface area contributed by atoms with Crippen molar-refractivity contribution in [3.05, 3.63) is 47.0 Å². The Balaban J connectivity index is 1.54. The number of likely N-dealkylation sites (N-methyl/N-ethyl adjacent to an activating group) is 1. The highest BCUT2D eigenvalue weighted by Gasteiger charge is 2.26. The summed E-state index contributed by atoms with van der Waals surface area (Å²) in [4.78, 5) is 16.0. The van der Waals surface area contributed by atoms with Crippen molar-refractivity contribution in [3.63, 3.8) is 0 Å². The molecule has 134 valence electrons. The zero-order chi connectivity index (χ0) is 18.0. The molecule has 0 spiro atoms. The van der Waals surface area contributed by atoms with Crippen LogP contribution in [0.2, 0.25) is 0 Å². The third-order valence-electron chi connectivity index (χ3n) is 5.09. The van der Waals surface area contributed by atoms with Crippen LogP contribution in [0.5, 0.6) is 0 Å². The Morgan fingerprint density at radius 3 is 2.64 bits per heavy atom. The van der Waals surface area contributed by atoms with Gasteiger partial charge in [0.25, 0.3) is 0 Å². The molecule has 1 fully saturated rings. The van der Waals surface area contributed by atoms with E-state index in [0.717, 1.165) is 44.2 Å². The molecule has 2 N–H and O–H groups in total. The van der Waals surface area contributed by atoms with Crippen LogP contribution >= 0.6 is 0 Å². The molecular formula is C18H26N6O. The molecule has 7 nitrogen and oxygen atoms in total. The maximum atomic E-state index is 11.1. The molecule has 7 heteroatoms. The topological polar surface area (TPSA) is 80.3 Å². The summed E-state index contributed by atoms with van der Waals surface area (Å²) in [5.74, 6) is 1.56. The molecular weight excluding hydrogens is 316 g/mol. The number of nitrogens with zero attached hydrogens (tertiary/aromatic N) is 5. The maximum absolute atomic E-state index is 11.1. The smallest absolute Gasteiger partial charge is 0.248 e. The SMILES string of the molecule is Cc1nnc(CN(C)C2CCN(Cc3ccc(C(N)=O)cc3)C2)n1C. The summed E-state index contributed by atoms with van der Waals surface area (Å²) in [6, 6.07) is 8.09. The van der Waals surface area contributed by atoms with Gasteiger partial charge in [0.2, 0.25) is 5.91 Å². The third-order valence-corrected chi connectivity index (χ3v) is 5.09. The summed E-state index contributed by atoms with van der Waals surface area (Å²) in [6.07, 6.45) is 1.15. The lowest BCUT2D eigenvalue weighted by molar-refractivity contribution is 0.100. The number of rotatable bonds is 6. The number of nitrogens with two attached hydrogens (primary N) is 1. The summed E-state index contributed by atoms with van der Waals surface area (Å²) in [5, 5.41) is 8.38. The van der Waals surface area contributed by atoms with E-state index in [0.29, 0.717) is 11.6 Å². The van der Waals surface area contributed by atoms with Crippen molar-refractivity contribution in [1.29, 1.82) is 0 Å². The number of primary amides is 1. The molecule has 1 amide bonds. The Hall–Kier alpha value is -2.25. The predicted molar refractivity (Wildman–Crippen MR) is 95.8 cm³/mol. The Morgan fingerprint density at radius 1 is 1.32 bits per heavy atom. The molecule has 1 atom stereocenters. The quantitative estimate of drug-likeness (QED) is 0.845. The molecule has 0 bridgehead atoms. The van der Waals surface area contributed by atoms with E-state index in [1.807, 2.05) is 30.7 Å². The van der Waals surface area contributed by atoms with Crippen LogP contribution in [0.25, 0.3) is 0 Å². The first-order chi connectivity index (χ1) is 11.9. The van der Waals surface area contributed by atoms with E-state index in [1.54, 1.807) is 12.1 Å². The lowest BCUT2D eigenvalue weighted by Crippen LogP contribution is -2.34. The average Bonchev–Trinajstić information content (AvgIpc) is 3.17. The second-order valence-electron chi connectivity index (χ2n) is 6.88. The van der Waals surface area contributed by atoms with E-state index in [4.69, 9.17) is 5.73 Å². The number of benzene rings is 1. The van der Waals surface area contributed by atoms with Crippen molar-refractivity contribution in [1.82, 2.24) is 24.6 Å². The van der Waals surface area contributed by atoms with Gasteiger partial charge in [-0.3, -0.25) is 14.6 Å². The first kappa shape index (κ1) is 17.6. The molecule has 0 aliphatic carbocycles. The van der Waals surface area contributed by atoms with Crippen molar-refractivity contribution < 1.29 is 4.79 Å². The molecule has 25 heavy (non-hydrogen) atoms. The zero-order valence-corrected chi connectivity index (χ0v) is 15.1. The summed E-state index contributed by atoms with van der Waals surface area (Å²) < 4.78 is 2.05. The number of hydrogen-bond acceptors (Lipinski definition) is 5. The fraction of sp³-hybridized carbons (Fsp3) is 0.500. The van der Waals surface area contributed by atoms with Gasteiger partial charge in [0.1, 0.15) is 11.6 Å². The zero-order valence-electron chi connectivity index (χ0n) is 15.1. The van der Waals surface area contributed by atoms with Gasteiger partial charge in [0.05, 0.1) is 6.54 Å². The normalized spacial score (nSPS) is 18.2. The van der Waals surface area contributed by atoms with Gasteiger partial charge in [-0.2, -0.15) is 0 Å². The van der Waals surface area contributed by atoms with E-state index in [9.17, 15) is 4.79 Å². The second kappa shape index (κ2) is 7.33. The molecule has 1 aromatic heterocycles. The molecule has 0 saturated carbocycles. The van der Waals surface area contributed by atoms with Gasteiger partial charge in [-0.25, -0.2) is 0 Å². The molecule has 1 aliphatic heterocycles. The van der Waals surface area contributed by atoms with Gasteiger partial charge >= 0.3 is 0 Å². The molecule has 2 aromatic rings. The van der Waals surface area contributed by atoms with Crippen LogP contribution in [-0.4, -0.2) is 56.7 Å². The second-order valence-corrected chi connectivity index (χ2v) is 6.88. The summed E-state index contributed by atoms with van der Waals surface area (Å²) in [6.45, 7) is 5.78. The van der Waals surface area contributed by atoms with Crippen molar-refractivity contribution in [2.45, 2.75) is 32.5 Å². The molecule has 2 heterocycles. The summed E-state index contributed by atoms with van der Waals surface area (Å²) in [5.41, 5.74) is 7.05. The highest BCUT2D eigenvalue weighted by molar-refractivity contribution is 5.92. The van der Waals surface area contributed by atoms with Gasteiger partial charge in [-0.1, -0.05) is 12.1 Å². The Bertz CT molecular complexity index is 739. The minimum atomic E-state index is -0.381. The van der Waals surface area contributed by atoms with Crippen LogP contribution in [0.4, 0.5) is 0 Å². The lowest BCUT2D eigenvalue weighted by Gasteiger charge is -2.24. The lowest BCUT2D eigenvalue weighted by atomic mass is 10.1. The monoisotopic (exact) mass is 342 g/mol. The van der Waals surface area contributed by atoms with E-state index < -0.39 is 0 Å². The van der Waals surface area contributed by atoms with Gasteiger partial charge in [-0.15, -0.1) is 10.2 Å². The van der Waals surface area contributed by atoms with E-state index in [2.05, 4.69) is 27.0 Å². The Labute approximate surface area is 148 Å². The fourth-order valence-corrected chi connectivity index (χ4v) is 3.29. The number of amides is 1. The summed E-state index contributed by atoms with van der Waals surface area (Å²) >= 11 is 0. The van der Waals surface area contributed by atoms with Gasteiger partial charge < -0.3 is 10.3 Å². The first-order valence-electron chi connectivity index (χ1n) is 8.60. The first-order valence-corrected chi connectivity index (χ1v) is 8.60. The number of carbonyl (C=O) groups is 1.